The number of rotatable bonds is 8. The molecule has 2 rings (SSSR count). The summed E-state index contributed by atoms with van der Waals surface area (Å²) in [4.78, 5) is 27.9. The van der Waals surface area contributed by atoms with E-state index >= 15 is 0 Å². The Bertz CT molecular complexity index is 842. The Morgan fingerprint density at radius 3 is 2.10 bits per heavy atom. The minimum absolute atomic E-state index is 0.106. The molecule has 0 fully saturated rings. The molecule has 0 spiro atoms. The molecule has 0 bridgehead atoms. The first-order chi connectivity index (χ1) is 14.1. The molecule has 0 aliphatic carbocycles. The second-order valence-electron chi connectivity index (χ2n) is 8.34. The first-order valence-corrected chi connectivity index (χ1v) is 10.5. The number of hydrogen-bond donors (Lipinski definition) is 1. The van der Waals surface area contributed by atoms with Gasteiger partial charge in [-0.25, -0.2) is 0 Å². The van der Waals surface area contributed by atoms with Gasteiger partial charge >= 0.3 is 0 Å². The van der Waals surface area contributed by atoms with Crippen LogP contribution in [-0.2, 0) is 22.6 Å². The lowest BCUT2D eigenvalue weighted by atomic mass is 10.0. The summed E-state index contributed by atoms with van der Waals surface area (Å²) in [5.41, 5.74) is 1.41. The Balaban J connectivity index is 2.28. The zero-order valence-corrected chi connectivity index (χ0v) is 19.1. The summed E-state index contributed by atoms with van der Waals surface area (Å²) < 4.78 is 5.18. The van der Waals surface area contributed by atoms with Crippen LogP contribution in [0.5, 0.6) is 5.75 Å². The lowest BCUT2D eigenvalue weighted by Gasteiger charge is -2.33. The number of hydrogen-bond acceptors (Lipinski definition) is 3. The molecule has 1 atom stereocenters. The molecule has 0 heterocycles. The molecule has 0 aromatic heterocycles. The van der Waals surface area contributed by atoms with Crippen molar-refractivity contribution in [2.75, 3.05) is 7.11 Å². The largest absolute Gasteiger partial charge is 0.497 e. The van der Waals surface area contributed by atoms with Crippen molar-refractivity contribution in [1.82, 2.24) is 10.2 Å². The summed E-state index contributed by atoms with van der Waals surface area (Å²) in [5.74, 6) is 0.480. The Hall–Kier alpha value is -2.53. The van der Waals surface area contributed by atoms with Gasteiger partial charge in [-0.3, -0.25) is 9.59 Å². The molecular formula is C24H31ClN2O3. The maximum Gasteiger partial charge on any atom is 0.243 e. The van der Waals surface area contributed by atoms with E-state index in [2.05, 4.69) is 5.32 Å². The van der Waals surface area contributed by atoms with Crippen molar-refractivity contribution in [2.45, 2.75) is 58.7 Å². The second kappa shape index (κ2) is 10.5. The van der Waals surface area contributed by atoms with Gasteiger partial charge in [-0.2, -0.15) is 0 Å². The van der Waals surface area contributed by atoms with E-state index in [1.54, 1.807) is 24.1 Å². The van der Waals surface area contributed by atoms with Crippen LogP contribution in [0.4, 0.5) is 0 Å². The normalized spacial score (nSPS) is 12.2. The highest BCUT2D eigenvalue weighted by molar-refractivity contribution is 6.30. The van der Waals surface area contributed by atoms with E-state index in [0.717, 1.165) is 16.9 Å². The van der Waals surface area contributed by atoms with Gasteiger partial charge in [0.25, 0.3) is 0 Å². The fourth-order valence-electron chi connectivity index (χ4n) is 3.18. The molecule has 0 saturated heterocycles. The summed E-state index contributed by atoms with van der Waals surface area (Å²) >= 11 is 6.00. The van der Waals surface area contributed by atoms with E-state index < -0.39 is 6.04 Å². The predicted molar refractivity (Wildman–Crippen MR) is 121 cm³/mol. The SMILES string of the molecule is CCC(C(=O)NC(C)(C)C)N(Cc1ccc(Cl)cc1)C(=O)Cc1ccc(OC)cc1. The van der Waals surface area contributed by atoms with Gasteiger partial charge in [0.2, 0.25) is 11.8 Å². The molecule has 2 aromatic rings. The molecule has 6 heteroatoms. The van der Waals surface area contributed by atoms with Crippen LogP contribution in [0.1, 0.15) is 45.2 Å². The Morgan fingerprint density at radius 2 is 1.60 bits per heavy atom. The molecule has 0 aliphatic rings. The van der Waals surface area contributed by atoms with Crippen LogP contribution in [0.15, 0.2) is 48.5 Å². The zero-order chi connectivity index (χ0) is 22.3. The van der Waals surface area contributed by atoms with Gasteiger partial charge in [-0.05, 0) is 62.6 Å². The van der Waals surface area contributed by atoms with Crippen LogP contribution in [0.25, 0.3) is 0 Å². The molecular weight excluding hydrogens is 400 g/mol. The van der Waals surface area contributed by atoms with Crippen LogP contribution in [0, 0.1) is 0 Å². The predicted octanol–water partition coefficient (Wildman–Crippen LogP) is 4.61. The molecule has 5 nitrogen and oxygen atoms in total. The Morgan fingerprint density at radius 1 is 1.03 bits per heavy atom. The number of carbonyl (C=O) groups is 2. The minimum Gasteiger partial charge on any atom is -0.497 e. The fourth-order valence-corrected chi connectivity index (χ4v) is 3.30. The van der Waals surface area contributed by atoms with Crippen molar-refractivity contribution < 1.29 is 14.3 Å². The monoisotopic (exact) mass is 430 g/mol. The van der Waals surface area contributed by atoms with Crippen molar-refractivity contribution in [3.05, 3.63) is 64.7 Å². The van der Waals surface area contributed by atoms with Crippen LogP contribution >= 0.6 is 11.6 Å². The fraction of sp³-hybridized carbons (Fsp3) is 0.417. The summed E-state index contributed by atoms with van der Waals surface area (Å²) in [6.07, 6.45) is 0.723. The third kappa shape index (κ3) is 7.06. The summed E-state index contributed by atoms with van der Waals surface area (Å²) in [7, 11) is 1.60. The first-order valence-electron chi connectivity index (χ1n) is 10.1. The molecule has 162 valence electrons. The van der Waals surface area contributed by atoms with Gasteiger partial charge in [0.05, 0.1) is 13.5 Å². The Labute approximate surface area is 184 Å². The van der Waals surface area contributed by atoms with E-state index in [0.29, 0.717) is 18.0 Å². The summed E-state index contributed by atoms with van der Waals surface area (Å²) in [5, 5.41) is 3.64. The van der Waals surface area contributed by atoms with Gasteiger partial charge in [0.1, 0.15) is 11.8 Å². The minimum atomic E-state index is -0.564. The maximum absolute atomic E-state index is 13.3. The van der Waals surface area contributed by atoms with Gasteiger partial charge in [0, 0.05) is 17.1 Å². The van der Waals surface area contributed by atoms with Crippen molar-refractivity contribution in [3.8, 4) is 5.75 Å². The topological polar surface area (TPSA) is 58.6 Å². The van der Waals surface area contributed by atoms with Crippen LogP contribution in [0.2, 0.25) is 5.02 Å². The Kier molecular flexibility index (Phi) is 8.30. The van der Waals surface area contributed by atoms with E-state index in [-0.39, 0.29) is 23.8 Å². The van der Waals surface area contributed by atoms with E-state index in [9.17, 15) is 9.59 Å². The molecule has 0 radical (unpaired) electrons. The van der Waals surface area contributed by atoms with Crippen molar-refractivity contribution in [1.29, 1.82) is 0 Å². The van der Waals surface area contributed by atoms with E-state index in [1.807, 2.05) is 64.1 Å². The number of halogens is 1. The van der Waals surface area contributed by atoms with Crippen molar-refractivity contribution in [2.24, 2.45) is 0 Å². The highest BCUT2D eigenvalue weighted by atomic mass is 35.5. The van der Waals surface area contributed by atoms with Crippen molar-refractivity contribution in [3.63, 3.8) is 0 Å². The lowest BCUT2D eigenvalue weighted by Crippen LogP contribution is -2.53. The number of ether oxygens (including phenoxy) is 1. The first kappa shape index (κ1) is 23.7. The van der Waals surface area contributed by atoms with Crippen LogP contribution < -0.4 is 10.1 Å². The second-order valence-corrected chi connectivity index (χ2v) is 8.77. The molecule has 30 heavy (non-hydrogen) atoms. The van der Waals surface area contributed by atoms with E-state index in [1.165, 1.54) is 0 Å². The van der Waals surface area contributed by atoms with Gasteiger partial charge < -0.3 is 15.0 Å². The average molecular weight is 431 g/mol. The number of benzene rings is 2. The quantitative estimate of drug-likeness (QED) is 0.665. The third-order valence-corrected chi connectivity index (χ3v) is 4.92. The summed E-state index contributed by atoms with van der Waals surface area (Å²) in [6, 6.07) is 14.2. The molecule has 0 aliphatic heterocycles. The third-order valence-electron chi connectivity index (χ3n) is 4.66. The highest BCUT2D eigenvalue weighted by Gasteiger charge is 2.30. The zero-order valence-electron chi connectivity index (χ0n) is 18.4. The standard InChI is InChI=1S/C24H31ClN2O3/c1-6-21(23(29)26-24(2,3)4)27(16-18-7-11-19(25)12-8-18)22(28)15-17-9-13-20(30-5)14-10-17/h7-14,21H,6,15-16H2,1-5H3,(H,26,29). The van der Waals surface area contributed by atoms with Crippen LogP contribution in [-0.4, -0.2) is 35.4 Å². The van der Waals surface area contributed by atoms with Gasteiger partial charge in [-0.1, -0.05) is 42.8 Å². The number of carbonyl (C=O) groups excluding carboxylic acids is 2. The number of amides is 2. The number of methoxy groups -OCH3 is 1. The number of nitrogens with zero attached hydrogens (tertiary/aromatic N) is 1. The highest BCUT2D eigenvalue weighted by Crippen LogP contribution is 2.18. The van der Waals surface area contributed by atoms with Gasteiger partial charge in [-0.15, -0.1) is 0 Å². The molecule has 2 aromatic carbocycles. The molecule has 1 unspecified atom stereocenters. The molecule has 0 saturated carbocycles. The van der Waals surface area contributed by atoms with Crippen LogP contribution in [0.3, 0.4) is 0 Å². The summed E-state index contributed by atoms with van der Waals surface area (Å²) in [6.45, 7) is 8.05. The van der Waals surface area contributed by atoms with Crippen molar-refractivity contribution >= 4 is 23.4 Å². The maximum atomic E-state index is 13.3. The van der Waals surface area contributed by atoms with E-state index in [4.69, 9.17) is 16.3 Å². The average Bonchev–Trinajstić information content (AvgIpc) is 2.68. The number of nitrogens with one attached hydrogen (secondary N) is 1. The molecule has 2 amide bonds. The smallest absolute Gasteiger partial charge is 0.243 e. The van der Waals surface area contributed by atoms with Gasteiger partial charge in [0.15, 0.2) is 0 Å². The lowest BCUT2D eigenvalue weighted by molar-refractivity contribution is -0.141. The molecule has 1 N–H and O–H groups in total.